The lowest BCUT2D eigenvalue weighted by atomic mass is 10.2. The van der Waals surface area contributed by atoms with Crippen LogP contribution in [0, 0.1) is 11.3 Å². The van der Waals surface area contributed by atoms with Crippen molar-refractivity contribution in [1.82, 2.24) is 15.2 Å². The number of hydrogen-bond donors (Lipinski definition) is 2. The molecule has 2 aromatic carbocycles. The normalized spacial score (nSPS) is 9.77. The summed E-state index contributed by atoms with van der Waals surface area (Å²) in [7, 11) is 0. The Morgan fingerprint density at radius 1 is 0.909 bits per heavy atom. The lowest BCUT2D eigenvalue weighted by Crippen LogP contribution is -2.02. The van der Waals surface area contributed by atoms with Gasteiger partial charge in [0.1, 0.15) is 0 Å². The first-order valence-electron chi connectivity index (χ1n) is 6.62. The van der Waals surface area contributed by atoms with E-state index < -0.39 is 0 Å². The summed E-state index contributed by atoms with van der Waals surface area (Å²) >= 11 is 0. The highest BCUT2D eigenvalue weighted by Crippen LogP contribution is 2.17. The molecule has 6 heteroatoms. The fraction of sp³-hybridized carbons (Fsp3) is 0. The average molecular weight is 288 g/mol. The zero-order chi connectivity index (χ0) is 15.2. The van der Waals surface area contributed by atoms with Crippen molar-refractivity contribution in [2.24, 2.45) is 0 Å². The molecule has 106 valence electrons. The molecule has 0 fully saturated rings. The highest BCUT2D eigenvalue weighted by Gasteiger charge is 2.02. The Balaban J connectivity index is 1.78. The highest BCUT2D eigenvalue weighted by atomic mass is 15.3. The van der Waals surface area contributed by atoms with Gasteiger partial charge in [-0.1, -0.05) is 24.3 Å². The molecule has 0 unspecified atom stereocenters. The maximum Gasteiger partial charge on any atom is 0.249 e. The van der Waals surface area contributed by atoms with E-state index in [1.165, 1.54) is 6.20 Å². The maximum absolute atomic E-state index is 8.91. The Morgan fingerprint density at radius 2 is 1.73 bits per heavy atom. The van der Waals surface area contributed by atoms with Crippen molar-refractivity contribution in [2.75, 3.05) is 10.6 Å². The van der Waals surface area contributed by atoms with Crippen molar-refractivity contribution in [2.45, 2.75) is 0 Å². The molecule has 1 aromatic heterocycles. The molecule has 0 aliphatic rings. The van der Waals surface area contributed by atoms with Crippen molar-refractivity contribution in [3.8, 4) is 6.07 Å². The van der Waals surface area contributed by atoms with Crippen LogP contribution in [0.15, 0.2) is 60.8 Å². The summed E-state index contributed by atoms with van der Waals surface area (Å²) in [5.41, 5.74) is 2.23. The number of benzene rings is 2. The first-order valence-corrected chi connectivity index (χ1v) is 6.62. The number of aromatic nitrogens is 3. The van der Waals surface area contributed by atoms with Gasteiger partial charge in [-0.3, -0.25) is 0 Å². The van der Waals surface area contributed by atoms with Crippen LogP contribution in [0.3, 0.4) is 0 Å². The fourth-order valence-electron chi connectivity index (χ4n) is 1.88. The Bertz CT molecular complexity index is 810. The summed E-state index contributed by atoms with van der Waals surface area (Å²) in [4.78, 5) is 4.34. The molecular weight excluding hydrogens is 276 g/mol. The molecule has 0 spiro atoms. The Kier molecular flexibility index (Phi) is 3.89. The second kappa shape index (κ2) is 6.33. The van der Waals surface area contributed by atoms with Crippen LogP contribution in [0.4, 0.5) is 23.1 Å². The van der Waals surface area contributed by atoms with E-state index >= 15 is 0 Å². The summed E-state index contributed by atoms with van der Waals surface area (Å²) < 4.78 is 0. The lowest BCUT2D eigenvalue weighted by molar-refractivity contribution is 0.982. The van der Waals surface area contributed by atoms with Crippen molar-refractivity contribution in [3.05, 3.63) is 66.4 Å². The van der Waals surface area contributed by atoms with Crippen LogP contribution in [0.5, 0.6) is 0 Å². The van der Waals surface area contributed by atoms with Gasteiger partial charge in [-0.2, -0.15) is 15.3 Å². The summed E-state index contributed by atoms with van der Waals surface area (Å²) in [6, 6.07) is 18.9. The number of anilines is 4. The van der Waals surface area contributed by atoms with Gasteiger partial charge in [0.15, 0.2) is 5.82 Å². The quantitative estimate of drug-likeness (QED) is 0.766. The smallest absolute Gasteiger partial charge is 0.249 e. The standard InChI is InChI=1S/C16H12N6/c17-10-12-5-4-8-14(9-12)19-15-11-18-22-16(21-15)20-13-6-2-1-3-7-13/h1-9,11H,(H2,19,20,21,22). The minimum absolute atomic E-state index is 0.396. The number of para-hydroxylation sites is 1. The summed E-state index contributed by atoms with van der Waals surface area (Å²) in [5, 5.41) is 22.9. The van der Waals surface area contributed by atoms with Crippen LogP contribution in [-0.2, 0) is 0 Å². The molecule has 0 radical (unpaired) electrons. The second-order valence-corrected chi connectivity index (χ2v) is 4.47. The van der Waals surface area contributed by atoms with Crippen LogP contribution in [0.25, 0.3) is 0 Å². The molecule has 3 rings (SSSR count). The molecule has 6 nitrogen and oxygen atoms in total. The van der Waals surface area contributed by atoms with E-state index in [1.54, 1.807) is 18.2 Å². The highest BCUT2D eigenvalue weighted by molar-refractivity contribution is 5.60. The van der Waals surface area contributed by atoms with E-state index in [0.717, 1.165) is 11.4 Å². The molecule has 0 bridgehead atoms. The number of nitrogens with zero attached hydrogens (tertiary/aromatic N) is 4. The fourth-order valence-corrected chi connectivity index (χ4v) is 1.88. The minimum atomic E-state index is 0.396. The zero-order valence-electron chi connectivity index (χ0n) is 11.6. The van der Waals surface area contributed by atoms with Gasteiger partial charge < -0.3 is 10.6 Å². The number of rotatable bonds is 4. The SMILES string of the molecule is N#Cc1cccc(Nc2cnnc(Nc3ccccc3)n2)c1. The first-order chi connectivity index (χ1) is 10.8. The molecular formula is C16H12N6. The van der Waals surface area contributed by atoms with Gasteiger partial charge in [0, 0.05) is 11.4 Å². The van der Waals surface area contributed by atoms with Gasteiger partial charge in [0.25, 0.3) is 0 Å². The van der Waals surface area contributed by atoms with Gasteiger partial charge in [0.2, 0.25) is 5.95 Å². The monoisotopic (exact) mass is 288 g/mol. The molecule has 0 saturated carbocycles. The predicted molar refractivity (Wildman–Crippen MR) is 84.0 cm³/mol. The van der Waals surface area contributed by atoms with Gasteiger partial charge >= 0.3 is 0 Å². The Labute approximate surface area is 127 Å². The first kappa shape index (κ1) is 13.5. The molecule has 22 heavy (non-hydrogen) atoms. The number of hydrogen-bond acceptors (Lipinski definition) is 6. The zero-order valence-corrected chi connectivity index (χ0v) is 11.6. The van der Waals surface area contributed by atoms with Crippen molar-refractivity contribution >= 4 is 23.1 Å². The minimum Gasteiger partial charge on any atom is -0.339 e. The third-order valence-electron chi connectivity index (χ3n) is 2.85. The summed E-state index contributed by atoms with van der Waals surface area (Å²) in [5.74, 6) is 0.941. The van der Waals surface area contributed by atoms with Crippen LogP contribution < -0.4 is 10.6 Å². The van der Waals surface area contributed by atoms with Crippen LogP contribution >= 0.6 is 0 Å². The van der Waals surface area contributed by atoms with Crippen molar-refractivity contribution in [1.29, 1.82) is 5.26 Å². The van der Waals surface area contributed by atoms with Crippen LogP contribution in [-0.4, -0.2) is 15.2 Å². The molecule has 2 N–H and O–H groups in total. The number of nitrogens with one attached hydrogen (secondary N) is 2. The topological polar surface area (TPSA) is 86.5 Å². The average Bonchev–Trinajstić information content (AvgIpc) is 2.56. The largest absolute Gasteiger partial charge is 0.339 e. The number of nitriles is 1. The van der Waals surface area contributed by atoms with E-state index in [1.807, 2.05) is 36.4 Å². The molecule has 0 aliphatic heterocycles. The molecule has 1 heterocycles. The van der Waals surface area contributed by atoms with Crippen molar-refractivity contribution < 1.29 is 0 Å². The lowest BCUT2D eigenvalue weighted by Gasteiger charge is -2.07. The van der Waals surface area contributed by atoms with E-state index in [2.05, 4.69) is 31.9 Å². The van der Waals surface area contributed by atoms with E-state index in [0.29, 0.717) is 17.3 Å². The van der Waals surface area contributed by atoms with Crippen molar-refractivity contribution in [3.63, 3.8) is 0 Å². The van der Waals surface area contributed by atoms with Gasteiger partial charge in [-0.05, 0) is 30.3 Å². The third kappa shape index (κ3) is 3.35. The Morgan fingerprint density at radius 3 is 2.55 bits per heavy atom. The van der Waals surface area contributed by atoms with Crippen LogP contribution in [0.1, 0.15) is 5.56 Å². The predicted octanol–water partition coefficient (Wildman–Crippen LogP) is 3.23. The molecule has 0 atom stereocenters. The summed E-state index contributed by atoms with van der Waals surface area (Å²) in [6.45, 7) is 0. The Hall–Kier alpha value is -3.46. The summed E-state index contributed by atoms with van der Waals surface area (Å²) in [6.07, 6.45) is 1.52. The molecule has 3 aromatic rings. The molecule has 0 saturated heterocycles. The van der Waals surface area contributed by atoms with Gasteiger partial charge in [0.05, 0.1) is 17.8 Å². The van der Waals surface area contributed by atoms with E-state index in [4.69, 9.17) is 5.26 Å². The molecule has 0 aliphatic carbocycles. The maximum atomic E-state index is 8.91. The second-order valence-electron chi connectivity index (χ2n) is 4.47. The van der Waals surface area contributed by atoms with Crippen LogP contribution in [0.2, 0.25) is 0 Å². The van der Waals surface area contributed by atoms with E-state index in [9.17, 15) is 0 Å². The van der Waals surface area contributed by atoms with Gasteiger partial charge in [-0.25, -0.2) is 0 Å². The van der Waals surface area contributed by atoms with Gasteiger partial charge in [-0.15, -0.1) is 5.10 Å². The van der Waals surface area contributed by atoms with E-state index in [-0.39, 0.29) is 0 Å². The molecule has 0 amide bonds. The third-order valence-corrected chi connectivity index (χ3v) is 2.85.